The fourth-order valence-corrected chi connectivity index (χ4v) is 3.61. The van der Waals surface area contributed by atoms with E-state index in [0.717, 1.165) is 22.3 Å². The molecule has 5 nitrogen and oxygen atoms in total. The van der Waals surface area contributed by atoms with Crippen LogP contribution in [-0.4, -0.2) is 19.2 Å². The van der Waals surface area contributed by atoms with Gasteiger partial charge in [-0.25, -0.2) is 13.9 Å². The molecular weight excluding hydrogens is 395 g/mol. The van der Waals surface area contributed by atoms with E-state index in [1.54, 1.807) is 23.0 Å². The van der Waals surface area contributed by atoms with E-state index in [2.05, 4.69) is 23.9 Å². The van der Waals surface area contributed by atoms with Crippen molar-refractivity contribution in [3.63, 3.8) is 0 Å². The monoisotopic (exact) mass is 412 g/mol. The van der Waals surface area contributed by atoms with Gasteiger partial charge in [-0.2, -0.15) is 0 Å². The number of nitrogens with zero attached hydrogens (tertiary/aromatic N) is 4. The Balaban J connectivity index is 2.07. The van der Waals surface area contributed by atoms with Gasteiger partial charge in [-0.1, -0.05) is 49.2 Å². The second-order valence-electron chi connectivity index (χ2n) is 7.02. The second kappa shape index (κ2) is 7.41. The van der Waals surface area contributed by atoms with Crippen molar-refractivity contribution in [1.29, 1.82) is 0 Å². The molecule has 0 fully saturated rings. The lowest BCUT2D eigenvalue weighted by molar-refractivity contribution is 0.471. The Morgan fingerprint density at radius 2 is 1.79 bits per heavy atom. The average Bonchev–Trinajstić information content (AvgIpc) is 2.97. The van der Waals surface area contributed by atoms with Crippen molar-refractivity contribution in [2.24, 2.45) is 5.92 Å². The molecule has 0 spiro atoms. The SMILES string of the molecule is CC(C)Cn1nc2c(-c3ccc(Cl)cc3)c(-c3ccncc3Cl)ccn2c1=O. The lowest BCUT2D eigenvalue weighted by Crippen LogP contribution is -2.23. The Morgan fingerprint density at radius 1 is 1.04 bits per heavy atom. The fraction of sp³-hybridized carbons (Fsp3) is 0.190. The molecule has 0 atom stereocenters. The van der Waals surface area contributed by atoms with Crippen LogP contribution in [-0.2, 0) is 6.54 Å². The summed E-state index contributed by atoms with van der Waals surface area (Å²) in [5, 5.41) is 5.82. The van der Waals surface area contributed by atoms with Crippen LogP contribution in [0.25, 0.3) is 27.9 Å². The minimum absolute atomic E-state index is 0.161. The molecule has 0 aliphatic rings. The van der Waals surface area contributed by atoms with Crippen LogP contribution < -0.4 is 5.69 Å². The lowest BCUT2D eigenvalue weighted by atomic mass is 9.96. The van der Waals surface area contributed by atoms with Gasteiger partial charge in [0.15, 0.2) is 5.65 Å². The van der Waals surface area contributed by atoms with Gasteiger partial charge in [0.2, 0.25) is 0 Å². The molecule has 0 saturated carbocycles. The van der Waals surface area contributed by atoms with Crippen LogP contribution in [0.2, 0.25) is 10.0 Å². The molecule has 7 heteroatoms. The van der Waals surface area contributed by atoms with Crippen LogP contribution in [0.15, 0.2) is 59.8 Å². The first kappa shape index (κ1) is 18.7. The van der Waals surface area contributed by atoms with Crippen molar-refractivity contribution in [2.75, 3.05) is 0 Å². The van der Waals surface area contributed by atoms with Crippen molar-refractivity contribution in [3.8, 4) is 22.3 Å². The molecule has 3 aromatic heterocycles. The second-order valence-corrected chi connectivity index (χ2v) is 7.86. The van der Waals surface area contributed by atoms with Gasteiger partial charge in [0.1, 0.15) is 0 Å². The Morgan fingerprint density at radius 3 is 2.46 bits per heavy atom. The lowest BCUT2D eigenvalue weighted by Gasteiger charge is -2.12. The van der Waals surface area contributed by atoms with Gasteiger partial charge in [-0.05, 0) is 41.3 Å². The molecule has 3 heterocycles. The minimum Gasteiger partial charge on any atom is -0.263 e. The first-order valence-electron chi connectivity index (χ1n) is 8.93. The highest BCUT2D eigenvalue weighted by Gasteiger charge is 2.19. The molecular formula is C21H18Cl2N4O. The van der Waals surface area contributed by atoms with E-state index in [9.17, 15) is 4.79 Å². The molecule has 28 heavy (non-hydrogen) atoms. The average molecular weight is 413 g/mol. The summed E-state index contributed by atoms with van der Waals surface area (Å²) in [6, 6.07) is 11.2. The first-order valence-corrected chi connectivity index (χ1v) is 9.69. The molecule has 0 N–H and O–H groups in total. The molecule has 0 aliphatic heterocycles. The Bertz CT molecular complexity index is 1210. The summed E-state index contributed by atoms with van der Waals surface area (Å²) < 4.78 is 3.09. The van der Waals surface area contributed by atoms with E-state index in [4.69, 9.17) is 23.2 Å². The normalized spacial score (nSPS) is 11.5. The van der Waals surface area contributed by atoms with Gasteiger partial charge < -0.3 is 0 Å². The summed E-state index contributed by atoms with van der Waals surface area (Å²) >= 11 is 12.5. The van der Waals surface area contributed by atoms with Crippen LogP contribution >= 0.6 is 23.2 Å². The maximum Gasteiger partial charge on any atom is 0.350 e. The van der Waals surface area contributed by atoms with Crippen LogP contribution in [0.3, 0.4) is 0 Å². The minimum atomic E-state index is -0.161. The zero-order chi connectivity index (χ0) is 19.8. The number of aromatic nitrogens is 4. The number of fused-ring (bicyclic) bond motifs is 1. The molecule has 0 bridgehead atoms. The Kier molecular flexibility index (Phi) is 4.96. The summed E-state index contributed by atoms with van der Waals surface area (Å²) in [5.41, 5.74) is 3.86. The summed E-state index contributed by atoms with van der Waals surface area (Å²) in [7, 11) is 0. The molecule has 4 rings (SSSR count). The Hall–Kier alpha value is -2.63. The molecule has 0 saturated heterocycles. The topological polar surface area (TPSA) is 52.2 Å². The van der Waals surface area contributed by atoms with E-state index in [-0.39, 0.29) is 5.69 Å². The Labute approximate surface area is 172 Å². The van der Waals surface area contributed by atoms with Crippen molar-refractivity contribution in [3.05, 3.63) is 75.5 Å². The maximum atomic E-state index is 12.8. The van der Waals surface area contributed by atoms with Crippen molar-refractivity contribution >= 4 is 28.8 Å². The van der Waals surface area contributed by atoms with Crippen LogP contribution in [0.4, 0.5) is 0 Å². The van der Waals surface area contributed by atoms with E-state index >= 15 is 0 Å². The zero-order valence-corrected chi connectivity index (χ0v) is 16.9. The quantitative estimate of drug-likeness (QED) is 0.463. The number of halogens is 2. The summed E-state index contributed by atoms with van der Waals surface area (Å²) in [6.45, 7) is 4.66. The standard InChI is InChI=1S/C21H18Cl2N4O/c1-13(2)12-27-21(28)26-10-8-17(16-7-9-24-11-18(16)23)19(20(26)25-27)14-3-5-15(22)6-4-14/h3-11,13H,12H2,1-2H3. The van der Waals surface area contributed by atoms with Crippen LogP contribution in [0.1, 0.15) is 13.8 Å². The third-order valence-corrected chi connectivity index (χ3v) is 5.04. The summed E-state index contributed by atoms with van der Waals surface area (Å²) in [4.78, 5) is 16.9. The van der Waals surface area contributed by atoms with Crippen molar-refractivity contribution in [1.82, 2.24) is 19.2 Å². The molecule has 4 aromatic rings. The van der Waals surface area contributed by atoms with Gasteiger partial charge in [0, 0.05) is 41.3 Å². The highest BCUT2D eigenvalue weighted by atomic mass is 35.5. The fourth-order valence-electron chi connectivity index (χ4n) is 3.26. The number of hydrogen-bond acceptors (Lipinski definition) is 3. The predicted octanol–water partition coefficient (Wildman–Crippen LogP) is 5.19. The highest BCUT2D eigenvalue weighted by molar-refractivity contribution is 6.33. The van der Waals surface area contributed by atoms with Gasteiger partial charge in [-0.3, -0.25) is 4.98 Å². The number of benzene rings is 1. The van der Waals surface area contributed by atoms with Crippen molar-refractivity contribution < 1.29 is 0 Å². The smallest absolute Gasteiger partial charge is 0.263 e. The van der Waals surface area contributed by atoms with Gasteiger partial charge in [0.05, 0.1) is 5.02 Å². The van der Waals surface area contributed by atoms with E-state index in [1.807, 2.05) is 36.4 Å². The van der Waals surface area contributed by atoms with Gasteiger partial charge in [-0.15, -0.1) is 5.10 Å². The van der Waals surface area contributed by atoms with Crippen LogP contribution in [0.5, 0.6) is 0 Å². The number of rotatable bonds is 4. The number of hydrogen-bond donors (Lipinski definition) is 0. The van der Waals surface area contributed by atoms with E-state index < -0.39 is 0 Å². The van der Waals surface area contributed by atoms with Gasteiger partial charge >= 0.3 is 5.69 Å². The van der Waals surface area contributed by atoms with E-state index in [1.165, 1.54) is 4.68 Å². The van der Waals surface area contributed by atoms with Crippen LogP contribution in [0, 0.1) is 5.92 Å². The van der Waals surface area contributed by atoms with Gasteiger partial charge in [0.25, 0.3) is 0 Å². The predicted molar refractivity (Wildman–Crippen MR) is 113 cm³/mol. The van der Waals surface area contributed by atoms with Crippen molar-refractivity contribution in [2.45, 2.75) is 20.4 Å². The highest BCUT2D eigenvalue weighted by Crippen LogP contribution is 2.37. The maximum absolute atomic E-state index is 12.8. The number of pyridine rings is 2. The molecule has 142 valence electrons. The van der Waals surface area contributed by atoms with E-state index in [0.29, 0.717) is 28.2 Å². The third kappa shape index (κ3) is 3.32. The first-order chi connectivity index (χ1) is 13.5. The largest absolute Gasteiger partial charge is 0.350 e. The molecule has 0 amide bonds. The third-order valence-electron chi connectivity index (χ3n) is 4.49. The molecule has 0 radical (unpaired) electrons. The molecule has 0 aliphatic carbocycles. The zero-order valence-electron chi connectivity index (χ0n) is 15.4. The molecule has 0 unspecified atom stereocenters. The summed E-state index contributed by atoms with van der Waals surface area (Å²) in [5.74, 6) is 0.302. The molecule has 1 aromatic carbocycles. The summed E-state index contributed by atoms with van der Waals surface area (Å²) in [6.07, 6.45) is 5.05.